The van der Waals surface area contributed by atoms with Crippen LogP contribution in [0.5, 0.6) is 0 Å². The molecule has 2 aromatic heterocycles. The zero-order valence-corrected chi connectivity index (χ0v) is 9.55. The van der Waals surface area contributed by atoms with E-state index in [9.17, 15) is 4.79 Å². The fourth-order valence-corrected chi connectivity index (χ4v) is 1.37. The maximum absolute atomic E-state index is 10.3. The molecule has 0 bridgehead atoms. The molecule has 0 aliphatic heterocycles. The number of anilines is 1. The van der Waals surface area contributed by atoms with E-state index in [1.807, 2.05) is 0 Å². The molecule has 2 heterocycles. The average Bonchev–Trinajstić information content (AvgIpc) is 2.75. The zero-order chi connectivity index (χ0) is 13.1. The van der Waals surface area contributed by atoms with Gasteiger partial charge in [-0.1, -0.05) is 11.6 Å². The number of hydrogen-bond acceptors (Lipinski definition) is 7. The molecule has 0 saturated heterocycles. The molecule has 0 fully saturated rings. The number of aromatic nitrogens is 4. The van der Waals surface area contributed by atoms with Gasteiger partial charge < -0.3 is 20.6 Å². The van der Waals surface area contributed by atoms with Gasteiger partial charge in [0.15, 0.2) is 0 Å². The van der Waals surface area contributed by atoms with Crippen LogP contribution in [0.4, 0.5) is 10.6 Å². The molecule has 2 aromatic rings. The SMILES string of the molecule is Nc1ncnc(Cl)c1-c1nnc(CNC(=O)O)o1. The quantitative estimate of drug-likeness (QED) is 0.686. The van der Waals surface area contributed by atoms with Crippen molar-refractivity contribution in [1.29, 1.82) is 0 Å². The zero-order valence-electron chi connectivity index (χ0n) is 8.79. The molecule has 0 aliphatic carbocycles. The van der Waals surface area contributed by atoms with Crippen LogP contribution in [0, 0.1) is 0 Å². The number of nitrogens with two attached hydrogens (primary N) is 1. The van der Waals surface area contributed by atoms with Crippen LogP contribution in [0.3, 0.4) is 0 Å². The van der Waals surface area contributed by atoms with Crippen LogP contribution < -0.4 is 11.1 Å². The number of nitrogens with zero attached hydrogens (tertiary/aromatic N) is 4. The molecule has 0 radical (unpaired) electrons. The van der Waals surface area contributed by atoms with Crippen molar-refractivity contribution < 1.29 is 14.3 Å². The van der Waals surface area contributed by atoms with Gasteiger partial charge in [-0.05, 0) is 0 Å². The third-order valence-corrected chi connectivity index (χ3v) is 2.19. The number of halogens is 1. The van der Waals surface area contributed by atoms with Gasteiger partial charge in [0.25, 0.3) is 5.89 Å². The summed E-state index contributed by atoms with van der Waals surface area (Å²) in [6, 6.07) is 0. The Morgan fingerprint density at radius 3 is 2.94 bits per heavy atom. The number of carboxylic acid groups (broad SMARTS) is 1. The predicted molar refractivity (Wildman–Crippen MR) is 59.6 cm³/mol. The molecule has 94 valence electrons. The number of amides is 1. The molecule has 0 aromatic carbocycles. The molecule has 0 saturated carbocycles. The molecule has 4 N–H and O–H groups in total. The van der Waals surface area contributed by atoms with Gasteiger partial charge in [-0.25, -0.2) is 14.8 Å². The summed E-state index contributed by atoms with van der Waals surface area (Å²) in [6.07, 6.45) is 0.0000807. The van der Waals surface area contributed by atoms with Crippen LogP contribution in [-0.2, 0) is 6.54 Å². The summed E-state index contributed by atoms with van der Waals surface area (Å²) in [5.74, 6) is 0.198. The first-order chi connectivity index (χ1) is 8.58. The van der Waals surface area contributed by atoms with Crippen LogP contribution in [0.25, 0.3) is 11.5 Å². The summed E-state index contributed by atoms with van der Waals surface area (Å²) >= 11 is 5.83. The molecule has 0 atom stereocenters. The van der Waals surface area contributed by atoms with Gasteiger partial charge in [0, 0.05) is 0 Å². The highest BCUT2D eigenvalue weighted by Gasteiger charge is 2.17. The molecule has 2 rings (SSSR count). The minimum absolute atomic E-state index is 0.0280. The summed E-state index contributed by atoms with van der Waals surface area (Å²) < 4.78 is 5.19. The topological polar surface area (TPSA) is 140 Å². The Hall–Kier alpha value is -2.42. The minimum atomic E-state index is -1.20. The standard InChI is InChI=1S/C8H7ClN6O3/c9-5-4(6(10)13-2-12-5)7-15-14-3(18-7)1-11-8(16)17/h2,11H,1H2,(H,16,17)(H2,10,12,13). The number of nitrogens with one attached hydrogen (secondary N) is 1. The van der Waals surface area contributed by atoms with Crippen LogP contribution in [0.1, 0.15) is 5.89 Å². The summed E-state index contributed by atoms with van der Waals surface area (Å²) in [6.45, 7) is -0.118. The van der Waals surface area contributed by atoms with Crippen molar-refractivity contribution in [1.82, 2.24) is 25.5 Å². The van der Waals surface area contributed by atoms with E-state index >= 15 is 0 Å². The number of carbonyl (C=O) groups is 1. The van der Waals surface area contributed by atoms with Gasteiger partial charge in [-0.15, -0.1) is 10.2 Å². The molecular weight excluding hydrogens is 264 g/mol. The Morgan fingerprint density at radius 1 is 1.50 bits per heavy atom. The Bertz CT molecular complexity index is 566. The van der Waals surface area contributed by atoms with Crippen LogP contribution in [0.15, 0.2) is 10.7 Å². The number of hydrogen-bond donors (Lipinski definition) is 3. The van der Waals surface area contributed by atoms with Gasteiger partial charge in [0.1, 0.15) is 22.9 Å². The second kappa shape index (κ2) is 4.84. The molecule has 9 nitrogen and oxygen atoms in total. The Morgan fingerprint density at radius 2 is 2.28 bits per heavy atom. The predicted octanol–water partition coefficient (Wildman–Crippen LogP) is 0.530. The largest absolute Gasteiger partial charge is 0.465 e. The van der Waals surface area contributed by atoms with Crippen molar-refractivity contribution in [2.75, 3.05) is 5.73 Å². The molecule has 18 heavy (non-hydrogen) atoms. The van der Waals surface area contributed by atoms with Crippen molar-refractivity contribution in [3.8, 4) is 11.5 Å². The molecular formula is C8H7ClN6O3. The van der Waals surface area contributed by atoms with Crippen LogP contribution in [-0.4, -0.2) is 31.4 Å². The van der Waals surface area contributed by atoms with E-state index in [1.54, 1.807) is 0 Å². The van der Waals surface area contributed by atoms with Crippen molar-refractivity contribution >= 4 is 23.5 Å². The molecule has 0 unspecified atom stereocenters. The first kappa shape index (κ1) is 12.0. The van der Waals surface area contributed by atoms with E-state index in [0.717, 1.165) is 0 Å². The number of rotatable bonds is 3. The lowest BCUT2D eigenvalue weighted by molar-refractivity contribution is 0.192. The lowest BCUT2D eigenvalue weighted by Gasteiger charge is -2.00. The monoisotopic (exact) mass is 270 g/mol. The first-order valence-corrected chi connectivity index (χ1v) is 5.01. The second-order valence-electron chi connectivity index (χ2n) is 3.08. The van der Waals surface area contributed by atoms with Crippen molar-refractivity contribution in [3.05, 3.63) is 17.4 Å². The van der Waals surface area contributed by atoms with Crippen molar-refractivity contribution in [3.63, 3.8) is 0 Å². The molecule has 10 heteroatoms. The molecule has 0 aliphatic rings. The highest BCUT2D eigenvalue weighted by atomic mass is 35.5. The fraction of sp³-hybridized carbons (Fsp3) is 0.125. The third kappa shape index (κ3) is 2.46. The van der Waals surface area contributed by atoms with Gasteiger partial charge in [0.2, 0.25) is 5.89 Å². The van der Waals surface area contributed by atoms with Gasteiger partial charge in [-0.2, -0.15) is 0 Å². The molecule has 1 amide bonds. The fourth-order valence-electron chi connectivity index (χ4n) is 1.15. The first-order valence-electron chi connectivity index (χ1n) is 4.63. The minimum Gasteiger partial charge on any atom is -0.465 e. The van der Waals surface area contributed by atoms with E-state index in [-0.39, 0.29) is 34.9 Å². The lowest BCUT2D eigenvalue weighted by Crippen LogP contribution is -2.20. The third-order valence-electron chi connectivity index (χ3n) is 1.90. The Balaban J connectivity index is 2.27. The Kier molecular flexibility index (Phi) is 3.24. The summed E-state index contributed by atoms with van der Waals surface area (Å²) in [5, 5.41) is 17.9. The van der Waals surface area contributed by atoms with E-state index in [0.29, 0.717) is 0 Å². The summed E-state index contributed by atoms with van der Waals surface area (Å²) in [4.78, 5) is 17.8. The Labute approximate surface area is 105 Å². The smallest absolute Gasteiger partial charge is 0.405 e. The lowest BCUT2D eigenvalue weighted by atomic mass is 10.3. The number of nitrogen functional groups attached to an aromatic ring is 1. The maximum Gasteiger partial charge on any atom is 0.405 e. The van der Waals surface area contributed by atoms with Gasteiger partial charge in [0.05, 0.1) is 6.54 Å². The normalized spacial score (nSPS) is 10.3. The second-order valence-corrected chi connectivity index (χ2v) is 3.44. The highest BCUT2D eigenvalue weighted by molar-refractivity contribution is 6.32. The summed E-state index contributed by atoms with van der Waals surface area (Å²) in [5.41, 5.74) is 5.83. The van der Waals surface area contributed by atoms with E-state index in [4.69, 9.17) is 26.9 Å². The summed E-state index contributed by atoms with van der Waals surface area (Å²) in [7, 11) is 0. The van der Waals surface area contributed by atoms with Crippen LogP contribution >= 0.6 is 11.6 Å². The van der Waals surface area contributed by atoms with Crippen molar-refractivity contribution in [2.45, 2.75) is 6.54 Å². The van der Waals surface area contributed by atoms with E-state index < -0.39 is 6.09 Å². The van der Waals surface area contributed by atoms with E-state index in [2.05, 4.69) is 25.5 Å². The highest BCUT2D eigenvalue weighted by Crippen LogP contribution is 2.28. The van der Waals surface area contributed by atoms with Gasteiger partial charge >= 0.3 is 6.09 Å². The van der Waals surface area contributed by atoms with Crippen molar-refractivity contribution in [2.24, 2.45) is 0 Å². The van der Waals surface area contributed by atoms with Crippen LogP contribution in [0.2, 0.25) is 5.15 Å². The maximum atomic E-state index is 10.3. The molecule has 0 spiro atoms. The van der Waals surface area contributed by atoms with Gasteiger partial charge in [-0.3, -0.25) is 0 Å². The van der Waals surface area contributed by atoms with E-state index in [1.165, 1.54) is 6.33 Å². The average molecular weight is 271 g/mol.